The zero-order chi connectivity index (χ0) is 18.7. The maximum absolute atomic E-state index is 6.09. The first-order valence-electron chi connectivity index (χ1n) is 10.1. The molecule has 0 bridgehead atoms. The number of halogens is 1. The summed E-state index contributed by atoms with van der Waals surface area (Å²) in [6.07, 6.45) is 6.83. The highest BCUT2D eigenvalue weighted by molar-refractivity contribution is 14.0. The first kappa shape index (κ1) is 24.2. The third kappa shape index (κ3) is 8.79. The van der Waals surface area contributed by atoms with E-state index >= 15 is 0 Å². The van der Waals surface area contributed by atoms with Gasteiger partial charge in [-0.3, -0.25) is 4.99 Å². The molecule has 5 nitrogen and oxygen atoms in total. The van der Waals surface area contributed by atoms with Gasteiger partial charge in [-0.25, -0.2) is 0 Å². The second-order valence-corrected chi connectivity index (χ2v) is 7.36. The SMILES string of the molecule is CCCCCCNC(N)=NCC1(NC(C)c2ccccc2)CCOCC1.I. The fourth-order valence-electron chi connectivity index (χ4n) is 3.46. The lowest BCUT2D eigenvalue weighted by Gasteiger charge is -2.39. The molecule has 0 spiro atoms. The number of hydrogen-bond donors (Lipinski definition) is 3. The number of guanidine groups is 1. The highest BCUT2D eigenvalue weighted by Gasteiger charge is 2.33. The quantitative estimate of drug-likeness (QED) is 0.202. The number of unbranched alkanes of at least 4 members (excludes halogenated alkanes) is 3. The summed E-state index contributed by atoms with van der Waals surface area (Å²) in [6, 6.07) is 10.8. The predicted molar refractivity (Wildman–Crippen MR) is 125 cm³/mol. The minimum absolute atomic E-state index is 0. The standard InChI is InChI=1S/C21H36N4O.HI/c1-3-4-5-9-14-23-20(22)24-17-21(12-15-26-16-13-21)25-18(2)19-10-7-6-8-11-19;/h6-8,10-11,18,25H,3-5,9,12-17H2,1-2H3,(H3,22,23,24);1H. The van der Waals surface area contributed by atoms with Crippen LogP contribution in [0.15, 0.2) is 35.3 Å². The zero-order valence-corrected chi connectivity index (χ0v) is 19.2. The number of nitrogens with two attached hydrogens (primary N) is 1. The summed E-state index contributed by atoms with van der Waals surface area (Å²) in [5.74, 6) is 0.557. The predicted octanol–water partition coefficient (Wildman–Crippen LogP) is 3.99. The lowest BCUT2D eigenvalue weighted by molar-refractivity contribution is 0.0374. The van der Waals surface area contributed by atoms with E-state index in [1.807, 2.05) is 0 Å². The van der Waals surface area contributed by atoms with E-state index < -0.39 is 0 Å². The Hall–Kier alpha value is -0.860. The first-order valence-corrected chi connectivity index (χ1v) is 10.1. The van der Waals surface area contributed by atoms with E-state index in [0.29, 0.717) is 12.5 Å². The van der Waals surface area contributed by atoms with Crippen LogP contribution in [0.25, 0.3) is 0 Å². The van der Waals surface area contributed by atoms with E-state index in [0.717, 1.165) is 39.0 Å². The molecule has 2 rings (SSSR count). The Balaban J connectivity index is 0.00000364. The van der Waals surface area contributed by atoms with Gasteiger partial charge in [0.25, 0.3) is 0 Å². The normalized spacial score (nSPS) is 17.8. The zero-order valence-electron chi connectivity index (χ0n) is 16.9. The molecule has 1 aliphatic rings. The molecule has 6 heteroatoms. The summed E-state index contributed by atoms with van der Waals surface area (Å²) >= 11 is 0. The van der Waals surface area contributed by atoms with E-state index in [-0.39, 0.29) is 35.6 Å². The Labute approximate surface area is 181 Å². The topological polar surface area (TPSA) is 71.7 Å². The molecule has 0 amide bonds. The Bertz CT molecular complexity index is 532. The van der Waals surface area contributed by atoms with E-state index in [2.05, 4.69) is 59.8 Å². The van der Waals surface area contributed by atoms with Crippen molar-refractivity contribution in [2.24, 2.45) is 10.7 Å². The Kier molecular flexibility index (Phi) is 11.9. The van der Waals surface area contributed by atoms with Crippen molar-refractivity contribution in [3.05, 3.63) is 35.9 Å². The van der Waals surface area contributed by atoms with Crippen molar-refractivity contribution in [1.82, 2.24) is 10.6 Å². The van der Waals surface area contributed by atoms with Gasteiger partial charge in [0.05, 0.1) is 6.54 Å². The van der Waals surface area contributed by atoms with E-state index in [1.54, 1.807) is 0 Å². The largest absolute Gasteiger partial charge is 0.381 e. The highest BCUT2D eigenvalue weighted by Crippen LogP contribution is 2.25. The summed E-state index contributed by atoms with van der Waals surface area (Å²) < 4.78 is 5.59. The monoisotopic (exact) mass is 488 g/mol. The molecule has 1 unspecified atom stereocenters. The lowest BCUT2D eigenvalue weighted by atomic mass is 9.88. The first-order chi connectivity index (χ1) is 12.7. The van der Waals surface area contributed by atoms with Crippen LogP contribution in [0.3, 0.4) is 0 Å². The fraction of sp³-hybridized carbons (Fsp3) is 0.667. The molecular weight excluding hydrogens is 451 g/mol. The van der Waals surface area contributed by atoms with Gasteiger partial charge in [0, 0.05) is 31.3 Å². The molecule has 4 N–H and O–H groups in total. The van der Waals surface area contributed by atoms with Crippen LogP contribution < -0.4 is 16.4 Å². The number of hydrogen-bond acceptors (Lipinski definition) is 3. The Morgan fingerprint density at radius 3 is 2.56 bits per heavy atom. The van der Waals surface area contributed by atoms with Crippen LogP contribution >= 0.6 is 24.0 Å². The molecule has 27 heavy (non-hydrogen) atoms. The smallest absolute Gasteiger partial charge is 0.188 e. The maximum atomic E-state index is 6.09. The van der Waals surface area contributed by atoms with Crippen molar-refractivity contribution in [3.63, 3.8) is 0 Å². The Morgan fingerprint density at radius 2 is 1.89 bits per heavy atom. The van der Waals surface area contributed by atoms with Gasteiger partial charge in [0.15, 0.2) is 5.96 Å². The molecule has 0 aliphatic carbocycles. The third-order valence-corrected chi connectivity index (χ3v) is 5.16. The molecule has 154 valence electrons. The molecule has 0 saturated carbocycles. The number of nitrogens with one attached hydrogen (secondary N) is 2. The lowest BCUT2D eigenvalue weighted by Crippen LogP contribution is -2.53. The molecule has 1 aromatic carbocycles. The maximum Gasteiger partial charge on any atom is 0.188 e. The van der Waals surface area contributed by atoms with Gasteiger partial charge in [0.1, 0.15) is 0 Å². The summed E-state index contributed by atoms with van der Waals surface area (Å²) in [4.78, 5) is 4.65. The van der Waals surface area contributed by atoms with Crippen LogP contribution in [0.2, 0.25) is 0 Å². The van der Waals surface area contributed by atoms with Gasteiger partial charge in [0.2, 0.25) is 0 Å². The third-order valence-electron chi connectivity index (χ3n) is 5.16. The minimum Gasteiger partial charge on any atom is -0.381 e. The molecule has 1 saturated heterocycles. The van der Waals surface area contributed by atoms with Crippen molar-refractivity contribution in [1.29, 1.82) is 0 Å². The molecular formula is C21H37IN4O. The van der Waals surface area contributed by atoms with E-state index in [9.17, 15) is 0 Å². The van der Waals surface area contributed by atoms with Crippen LogP contribution in [0.5, 0.6) is 0 Å². The second kappa shape index (κ2) is 13.3. The van der Waals surface area contributed by atoms with Crippen molar-refractivity contribution < 1.29 is 4.74 Å². The van der Waals surface area contributed by atoms with E-state index in [4.69, 9.17) is 10.5 Å². The van der Waals surface area contributed by atoms with Gasteiger partial charge in [-0.2, -0.15) is 0 Å². The molecule has 0 aromatic heterocycles. The number of aliphatic imine (C=N–C) groups is 1. The summed E-state index contributed by atoms with van der Waals surface area (Å²) in [5, 5.41) is 7.07. The van der Waals surface area contributed by atoms with Crippen molar-refractivity contribution in [2.75, 3.05) is 26.3 Å². The van der Waals surface area contributed by atoms with E-state index in [1.165, 1.54) is 24.8 Å². The molecule has 1 heterocycles. The van der Waals surface area contributed by atoms with Crippen molar-refractivity contribution in [2.45, 2.75) is 64.0 Å². The summed E-state index contributed by atoms with van der Waals surface area (Å²) in [5.41, 5.74) is 7.33. The molecule has 0 radical (unpaired) electrons. The van der Waals surface area contributed by atoms with Gasteiger partial charge in [-0.15, -0.1) is 24.0 Å². The van der Waals surface area contributed by atoms with Crippen LogP contribution in [-0.2, 0) is 4.74 Å². The van der Waals surface area contributed by atoms with Crippen molar-refractivity contribution >= 4 is 29.9 Å². The average Bonchev–Trinajstić information content (AvgIpc) is 2.68. The van der Waals surface area contributed by atoms with Gasteiger partial charge in [-0.1, -0.05) is 56.5 Å². The van der Waals surface area contributed by atoms with Crippen LogP contribution in [0, 0.1) is 0 Å². The van der Waals surface area contributed by atoms with Crippen LogP contribution in [0.4, 0.5) is 0 Å². The molecule has 1 atom stereocenters. The minimum atomic E-state index is -0.0536. The number of benzene rings is 1. The highest BCUT2D eigenvalue weighted by atomic mass is 127. The van der Waals surface area contributed by atoms with Crippen molar-refractivity contribution in [3.8, 4) is 0 Å². The number of rotatable bonds is 10. The van der Waals surface area contributed by atoms with Gasteiger partial charge in [-0.05, 0) is 31.7 Å². The number of ether oxygens (including phenoxy) is 1. The summed E-state index contributed by atoms with van der Waals surface area (Å²) in [7, 11) is 0. The molecule has 1 fully saturated rings. The fourth-order valence-corrected chi connectivity index (χ4v) is 3.46. The summed E-state index contributed by atoms with van der Waals surface area (Å²) in [6.45, 7) is 7.56. The molecule has 1 aromatic rings. The van der Waals surface area contributed by atoms with Crippen LogP contribution in [0.1, 0.15) is 64.0 Å². The second-order valence-electron chi connectivity index (χ2n) is 7.36. The molecule has 1 aliphatic heterocycles. The van der Waals surface area contributed by atoms with Crippen LogP contribution in [-0.4, -0.2) is 37.8 Å². The Morgan fingerprint density at radius 1 is 1.19 bits per heavy atom. The average molecular weight is 488 g/mol. The van der Waals surface area contributed by atoms with Gasteiger partial charge >= 0.3 is 0 Å². The number of nitrogens with zero attached hydrogens (tertiary/aromatic N) is 1. The van der Waals surface area contributed by atoms with Gasteiger partial charge < -0.3 is 21.1 Å².